The monoisotopic (exact) mass is 392 g/mol. The van der Waals surface area contributed by atoms with Crippen molar-refractivity contribution < 1.29 is 20.3 Å². The minimum Gasteiger partial charge on any atom is -0.423 e. The third kappa shape index (κ3) is 14.5. The summed E-state index contributed by atoms with van der Waals surface area (Å²) in [5, 5.41) is 35.9. The number of aliphatic hydroxyl groups is 2. The van der Waals surface area contributed by atoms with Crippen molar-refractivity contribution in [2.24, 2.45) is 0 Å². The second kappa shape index (κ2) is 15.9. The minimum absolute atomic E-state index is 0.0868. The van der Waals surface area contributed by atoms with Crippen molar-refractivity contribution in [3.05, 3.63) is 28.2 Å². The first-order valence-corrected chi connectivity index (χ1v) is 9.77. The van der Waals surface area contributed by atoms with E-state index in [1.54, 1.807) is 0 Å². The summed E-state index contributed by atoms with van der Waals surface area (Å²) in [6.45, 7) is 2.15. The third-order valence-electron chi connectivity index (χ3n) is 3.78. The molecule has 1 aromatic carbocycles. The van der Waals surface area contributed by atoms with Gasteiger partial charge in [-0.15, -0.1) is 0 Å². The van der Waals surface area contributed by atoms with Crippen molar-refractivity contribution in [2.45, 2.75) is 70.8 Å². The number of rotatable bonds is 11. The Balaban J connectivity index is 0.000000472. The van der Waals surface area contributed by atoms with Crippen molar-refractivity contribution >= 4 is 35.8 Å². The van der Waals surface area contributed by atoms with Crippen molar-refractivity contribution in [2.75, 3.05) is 6.61 Å². The fourth-order valence-corrected chi connectivity index (χ4v) is 2.87. The van der Waals surface area contributed by atoms with Gasteiger partial charge in [0.1, 0.15) is 0 Å². The lowest BCUT2D eigenvalue weighted by atomic mass is 9.80. The molecule has 1 rings (SSSR count). The fraction of sp³-hybridized carbons (Fsp3) is 0.667. The Kier molecular flexibility index (Phi) is 15.7. The summed E-state index contributed by atoms with van der Waals surface area (Å²) in [5.74, 6) is 0. The fourth-order valence-electron chi connectivity index (χ4n) is 2.33. The highest BCUT2D eigenvalue weighted by atomic mass is 35.5. The zero-order chi connectivity index (χ0) is 19.1. The van der Waals surface area contributed by atoms with Crippen molar-refractivity contribution in [1.29, 1.82) is 0 Å². The quantitative estimate of drug-likeness (QED) is 0.343. The maximum atomic E-state index is 9.08. The summed E-state index contributed by atoms with van der Waals surface area (Å²) in [6, 6.07) is 4.41. The van der Waals surface area contributed by atoms with E-state index in [-0.39, 0.29) is 6.61 Å². The Morgan fingerprint density at radius 2 is 1.36 bits per heavy atom. The van der Waals surface area contributed by atoms with E-state index >= 15 is 0 Å². The molecule has 1 atom stereocenters. The number of halogens is 2. The van der Waals surface area contributed by atoms with Crippen molar-refractivity contribution in [3.63, 3.8) is 0 Å². The molecule has 4 nitrogen and oxygen atoms in total. The lowest BCUT2D eigenvalue weighted by Crippen LogP contribution is -2.29. The topological polar surface area (TPSA) is 80.9 Å². The molecule has 7 heteroatoms. The first kappa shape index (κ1) is 24.7. The number of hydrogen-bond donors (Lipinski definition) is 4. The second-order valence-electron chi connectivity index (χ2n) is 6.18. The van der Waals surface area contributed by atoms with Gasteiger partial charge in [-0.3, -0.25) is 0 Å². The summed E-state index contributed by atoms with van der Waals surface area (Å²) < 4.78 is 0. The van der Waals surface area contributed by atoms with E-state index in [4.69, 9.17) is 43.5 Å². The average Bonchev–Trinajstić information content (AvgIpc) is 2.56. The van der Waals surface area contributed by atoms with Crippen LogP contribution >= 0.6 is 23.2 Å². The van der Waals surface area contributed by atoms with Crippen molar-refractivity contribution in [1.82, 2.24) is 0 Å². The van der Waals surface area contributed by atoms with Crippen LogP contribution in [0.1, 0.15) is 64.7 Å². The predicted octanol–water partition coefficient (Wildman–Crippen LogP) is 3.54. The molecular weight excluding hydrogens is 362 g/mol. The Bertz CT molecular complexity index is 427. The first-order valence-electron chi connectivity index (χ1n) is 9.01. The number of hydrogen-bond acceptors (Lipinski definition) is 4. The Labute approximate surface area is 161 Å². The van der Waals surface area contributed by atoms with Gasteiger partial charge in [0.25, 0.3) is 0 Å². The van der Waals surface area contributed by atoms with Gasteiger partial charge >= 0.3 is 7.12 Å². The summed E-state index contributed by atoms with van der Waals surface area (Å²) in [5.41, 5.74) is 0.294. The van der Waals surface area contributed by atoms with Crippen LogP contribution in [0.2, 0.25) is 10.0 Å². The maximum Gasteiger partial charge on any atom is 0.488 e. The van der Waals surface area contributed by atoms with E-state index in [9.17, 15) is 0 Å². The highest BCUT2D eigenvalue weighted by Gasteiger charge is 2.11. The zero-order valence-electron chi connectivity index (χ0n) is 15.0. The molecular formula is C18H31BCl2O4. The van der Waals surface area contributed by atoms with E-state index in [1.165, 1.54) is 63.1 Å². The van der Waals surface area contributed by atoms with Gasteiger partial charge in [-0.05, 0) is 30.1 Å². The third-order valence-corrected chi connectivity index (χ3v) is 4.22. The predicted molar refractivity (Wildman–Crippen MR) is 107 cm³/mol. The minimum atomic E-state index is -1.52. The first-order chi connectivity index (χ1) is 11.9. The summed E-state index contributed by atoms with van der Waals surface area (Å²) in [4.78, 5) is 0. The standard InChI is InChI=1S/C12H26O2.C6H5BCl2O2/c1-2-3-4-5-6-7-8-9-10-12(14)11-13;8-5-1-4(7(10)11)2-6(9)3-5/h12-14H,2-11H2,1H3;1-3,10-11H. The SMILES string of the molecule is CCCCCCCCCCC(O)CO.OB(O)c1cc(Cl)cc(Cl)c1. The molecule has 0 fully saturated rings. The highest BCUT2D eigenvalue weighted by molar-refractivity contribution is 6.59. The van der Waals surface area contributed by atoms with Gasteiger partial charge < -0.3 is 20.3 Å². The number of benzene rings is 1. The zero-order valence-corrected chi connectivity index (χ0v) is 16.5. The molecule has 0 saturated heterocycles. The maximum absolute atomic E-state index is 9.08. The molecule has 0 aromatic heterocycles. The lowest BCUT2D eigenvalue weighted by Gasteiger charge is -2.06. The van der Waals surface area contributed by atoms with E-state index in [0.717, 1.165) is 12.8 Å². The number of aliphatic hydroxyl groups excluding tert-OH is 2. The summed E-state index contributed by atoms with van der Waals surface area (Å²) in [7, 11) is -1.52. The molecule has 0 bridgehead atoms. The Morgan fingerprint density at radius 3 is 1.80 bits per heavy atom. The van der Waals surface area contributed by atoms with E-state index in [2.05, 4.69) is 6.92 Å². The highest BCUT2D eigenvalue weighted by Crippen LogP contribution is 2.13. The van der Waals surface area contributed by atoms with E-state index in [1.807, 2.05) is 0 Å². The molecule has 0 radical (unpaired) electrons. The molecule has 4 N–H and O–H groups in total. The van der Waals surface area contributed by atoms with Crippen LogP contribution in [-0.2, 0) is 0 Å². The van der Waals surface area contributed by atoms with Crippen molar-refractivity contribution in [3.8, 4) is 0 Å². The van der Waals surface area contributed by atoms with Gasteiger partial charge in [-0.2, -0.15) is 0 Å². The molecule has 25 heavy (non-hydrogen) atoms. The van der Waals surface area contributed by atoms with Crippen LogP contribution in [0.15, 0.2) is 18.2 Å². The van der Waals surface area contributed by atoms with Gasteiger partial charge in [0, 0.05) is 10.0 Å². The molecule has 1 aromatic rings. The molecule has 0 saturated carbocycles. The van der Waals surface area contributed by atoms with Crippen LogP contribution in [0.4, 0.5) is 0 Å². The lowest BCUT2D eigenvalue weighted by molar-refractivity contribution is 0.0860. The van der Waals surface area contributed by atoms with Gasteiger partial charge in [0.2, 0.25) is 0 Å². The van der Waals surface area contributed by atoms with E-state index < -0.39 is 13.2 Å². The average molecular weight is 393 g/mol. The van der Waals surface area contributed by atoms with Gasteiger partial charge in [0.15, 0.2) is 0 Å². The Hall–Kier alpha value is -0.295. The van der Waals surface area contributed by atoms with Crippen LogP contribution in [0, 0.1) is 0 Å². The molecule has 0 heterocycles. The van der Waals surface area contributed by atoms with Gasteiger partial charge in [-0.25, -0.2) is 0 Å². The molecule has 1 unspecified atom stereocenters. The largest absolute Gasteiger partial charge is 0.488 e. The second-order valence-corrected chi connectivity index (χ2v) is 7.05. The van der Waals surface area contributed by atoms with Gasteiger partial charge in [0.05, 0.1) is 12.7 Å². The van der Waals surface area contributed by atoms with Crippen LogP contribution in [0.5, 0.6) is 0 Å². The van der Waals surface area contributed by atoms with Crippen LogP contribution in [0.25, 0.3) is 0 Å². The molecule has 0 spiro atoms. The normalized spacial score (nSPS) is 11.6. The molecule has 0 aliphatic carbocycles. The van der Waals surface area contributed by atoms with Gasteiger partial charge in [-0.1, -0.05) is 81.5 Å². The molecule has 0 amide bonds. The molecule has 0 aliphatic rings. The summed E-state index contributed by atoms with van der Waals surface area (Å²) in [6.07, 6.45) is 10.5. The van der Waals surface area contributed by atoms with Crippen LogP contribution in [-0.4, -0.2) is 40.1 Å². The van der Waals surface area contributed by atoms with Crippen LogP contribution in [0.3, 0.4) is 0 Å². The van der Waals surface area contributed by atoms with Crippen LogP contribution < -0.4 is 5.46 Å². The Morgan fingerprint density at radius 1 is 0.880 bits per heavy atom. The molecule has 144 valence electrons. The summed E-state index contributed by atoms with van der Waals surface area (Å²) >= 11 is 11.2. The number of unbranched alkanes of at least 4 members (excludes halogenated alkanes) is 7. The van der Waals surface area contributed by atoms with E-state index in [0.29, 0.717) is 15.5 Å². The molecule has 0 aliphatic heterocycles. The smallest absolute Gasteiger partial charge is 0.423 e.